The van der Waals surface area contributed by atoms with Gasteiger partial charge in [-0.05, 0) is 44.5 Å². The second-order valence-corrected chi connectivity index (χ2v) is 4.73. The molecule has 16 heavy (non-hydrogen) atoms. The second-order valence-electron chi connectivity index (χ2n) is 4.73. The lowest BCUT2D eigenvalue weighted by molar-refractivity contribution is -0.117. The topological polar surface area (TPSA) is 55.1 Å². The fourth-order valence-electron chi connectivity index (χ4n) is 1.43. The summed E-state index contributed by atoms with van der Waals surface area (Å²) in [6.45, 7) is 5.30. The van der Waals surface area contributed by atoms with E-state index in [0.29, 0.717) is 5.69 Å². The predicted octanol–water partition coefficient (Wildman–Crippen LogP) is 2.20. The zero-order valence-electron chi connectivity index (χ0n) is 9.80. The van der Waals surface area contributed by atoms with Crippen LogP contribution in [0.2, 0.25) is 0 Å². The fraction of sp³-hybridized carbons (Fsp3) is 0.417. The van der Waals surface area contributed by atoms with E-state index in [-0.39, 0.29) is 18.1 Å². The summed E-state index contributed by atoms with van der Waals surface area (Å²) in [5.74, 6) is -0.570. The molecule has 3 nitrogen and oxygen atoms in total. The molecule has 0 saturated heterocycles. The first kappa shape index (κ1) is 12.6. The average molecular weight is 224 g/mol. The number of hydrogen-bond donors (Lipinski definition) is 2. The summed E-state index contributed by atoms with van der Waals surface area (Å²) >= 11 is 0. The van der Waals surface area contributed by atoms with Crippen LogP contribution in [0.25, 0.3) is 0 Å². The van der Waals surface area contributed by atoms with E-state index in [1.54, 1.807) is 26.8 Å². The van der Waals surface area contributed by atoms with Crippen LogP contribution in [-0.2, 0) is 4.79 Å². The van der Waals surface area contributed by atoms with Crippen LogP contribution in [0.4, 0.5) is 10.1 Å². The number of aryl methyl sites for hydroxylation is 1. The summed E-state index contributed by atoms with van der Waals surface area (Å²) in [5, 5.41) is 2.62. The van der Waals surface area contributed by atoms with Gasteiger partial charge >= 0.3 is 0 Å². The molecule has 0 bridgehead atoms. The highest BCUT2D eigenvalue weighted by Crippen LogP contribution is 2.14. The van der Waals surface area contributed by atoms with E-state index in [4.69, 9.17) is 5.73 Å². The maximum atomic E-state index is 13.0. The van der Waals surface area contributed by atoms with E-state index in [1.807, 2.05) is 0 Å². The van der Waals surface area contributed by atoms with Gasteiger partial charge in [0.05, 0.1) is 0 Å². The van der Waals surface area contributed by atoms with E-state index in [2.05, 4.69) is 5.32 Å². The molecule has 0 radical (unpaired) electrons. The number of nitrogens with one attached hydrogen (secondary N) is 1. The monoisotopic (exact) mass is 224 g/mol. The van der Waals surface area contributed by atoms with Crippen molar-refractivity contribution in [3.63, 3.8) is 0 Å². The van der Waals surface area contributed by atoms with Crippen LogP contribution in [0.15, 0.2) is 18.2 Å². The van der Waals surface area contributed by atoms with Crippen molar-refractivity contribution in [3.05, 3.63) is 29.6 Å². The Labute approximate surface area is 94.8 Å². The lowest BCUT2D eigenvalue weighted by Gasteiger charge is -2.17. The Kier molecular flexibility index (Phi) is 3.65. The van der Waals surface area contributed by atoms with Crippen molar-refractivity contribution in [1.82, 2.24) is 0 Å². The molecule has 0 fully saturated rings. The van der Waals surface area contributed by atoms with Crippen LogP contribution >= 0.6 is 0 Å². The standard InChI is InChI=1S/C12H17FN2O/c1-8-4-9(13)6-10(5-8)15-11(16)7-12(2,3)14/h4-6H,7,14H2,1-3H3,(H,15,16). The van der Waals surface area contributed by atoms with Gasteiger partial charge in [-0.25, -0.2) is 4.39 Å². The average Bonchev–Trinajstić information content (AvgIpc) is 1.96. The van der Waals surface area contributed by atoms with Crippen molar-refractivity contribution in [2.24, 2.45) is 5.73 Å². The largest absolute Gasteiger partial charge is 0.326 e. The number of carbonyl (C=O) groups excluding carboxylic acids is 1. The number of benzene rings is 1. The molecule has 0 aromatic heterocycles. The van der Waals surface area contributed by atoms with Gasteiger partial charge in [-0.3, -0.25) is 4.79 Å². The van der Waals surface area contributed by atoms with Crippen molar-refractivity contribution in [1.29, 1.82) is 0 Å². The summed E-state index contributed by atoms with van der Waals surface area (Å²) < 4.78 is 13.0. The van der Waals surface area contributed by atoms with Crippen molar-refractivity contribution < 1.29 is 9.18 Å². The van der Waals surface area contributed by atoms with Crippen molar-refractivity contribution in [2.75, 3.05) is 5.32 Å². The molecule has 0 aliphatic carbocycles. The smallest absolute Gasteiger partial charge is 0.226 e. The van der Waals surface area contributed by atoms with Crippen LogP contribution in [-0.4, -0.2) is 11.4 Å². The molecule has 4 heteroatoms. The molecule has 3 N–H and O–H groups in total. The number of amides is 1. The van der Waals surface area contributed by atoms with Crippen LogP contribution in [0.5, 0.6) is 0 Å². The fourth-order valence-corrected chi connectivity index (χ4v) is 1.43. The summed E-state index contributed by atoms with van der Waals surface area (Å²) in [6, 6.07) is 4.40. The van der Waals surface area contributed by atoms with Crippen molar-refractivity contribution >= 4 is 11.6 Å². The lowest BCUT2D eigenvalue weighted by atomic mass is 10.0. The molecule has 0 saturated carbocycles. The highest BCUT2D eigenvalue weighted by atomic mass is 19.1. The van der Waals surface area contributed by atoms with Crippen LogP contribution in [0.1, 0.15) is 25.8 Å². The molecule has 1 rings (SSSR count). The van der Waals surface area contributed by atoms with Crippen molar-refractivity contribution in [3.8, 4) is 0 Å². The van der Waals surface area contributed by atoms with Crippen molar-refractivity contribution in [2.45, 2.75) is 32.7 Å². The molecule has 1 aromatic rings. The number of carbonyl (C=O) groups is 1. The first-order valence-electron chi connectivity index (χ1n) is 5.12. The number of rotatable bonds is 3. The van der Waals surface area contributed by atoms with Gasteiger partial charge in [-0.1, -0.05) is 0 Å². The SMILES string of the molecule is Cc1cc(F)cc(NC(=O)CC(C)(C)N)c1. The second kappa shape index (κ2) is 4.61. The van der Waals surface area contributed by atoms with Crippen LogP contribution in [0.3, 0.4) is 0 Å². The van der Waals surface area contributed by atoms with E-state index in [1.165, 1.54) is 12.1 Å². The maximum absolute atomic E-state index is 13.0. The summed E-state index contributed by atoms with van der Waals surface area (Å²) in [6.07, 6.45) is 0.197. The third kappa shape index (κ3) is 4.40. The van der Waals surface area contributed by atoms with Gasteiger partial charge in [0.2, 0.25) is 5.91 Å². The van der Waals surface area contributed by atoms with E-state index < -0.39 is 5.54 Å². The van der Waals surface area contributed by atoms with Gasteiger partial charge in [-0.15, -0.1) is 0 Å². The molecule has 0 spiro atoms. The Hall–Kier alpha value is -1.42. The highest BCUT2D eigenvalue weighted by Gasteiger charge is 2.16. The summed E-state index contributed by atoms with van der Waals surface area (Å²) in [7, 11) is 0. The van der Waals surface area contributed by atoms with Gasteiger partial charge in [0.1, 0.15) is 5.82 Å². The molecule has 0 heterocycles. The van der Waals surface area contributed by atoms with Crippen LogP contribution in [0, 0.1) is 12.7 Å². The predicted molar refractivity (Wildman–Crippen MR) is 62.7 cm³/mol. The Morgan fingerprint density at radius 3 is 2.56 bits per heavy atom. The van der Waals surface area contributed by atoms with Gasteiger partial charge < -0.3 is 11.1 Å². The van der Waals surface area contributed by atoms with Gasteiger partial charge in [0.15, 0.2) is 0 Å². The summed E-state index contributed by atoms with van der Waals surface area (Å²) in [4.78, 5) is 11.5. The van der Waals surface area contributed by atoms with E-state index in [0.717, 1.165) is 5.56 Å². The molecule has 88 valence electrons. The Morgan fingerprint density at radius 1 is 1.44 bits per heavy atom. The van der Waals surface area contributed by atoms with E-state index in [9.17, 15) is 9.18 Å². The number of halogens is 1. The first-order chi connectivity index (χ1) is 7.26. The molecule has 0 unspecified atom stereocenters. The first-order valence-corrected chi connectivity index (χ1v) is 5.12. The summed E-state index contributed by atoms with van der Waals surface area (Å²) in [5.41, 5.74) is 6.38. The lowest BCUT2D eigenvalue weighted by Crippen LogP contribution is -2.36. The zero-order valence-corrected chi connectivity index (χ0v) is 9.80. The molecule has 0 atom stereocenters. The minimum Gasteiger partial charge on any atom is -0.326 e. The molecule has 0 aliphatic rings. The highest BCUT2D eigenvalue weighted by molar-refractivity contribution is 5.91. The molecule has 1 aromatic carbocycles. The number of nitrogens with two attached hydrogens (primary N) is 1. The Morgan fingerprint density at radius 2 is 2.06 bits per heavy atom. The third-order valence-corrected chi connectivity index (χ3v) is 1.94. The maximum Gasteiger partial charge on any atom is 0.226 e. The number of hydrogen-bond acceptors (Lipinski definition) is 2. The Balaban J connectivity index is 2.70. The molecule has 1 amide bonds. The van der Waals surface area contributed by atoms with Crippen LogP contribution < -0.4 is 11.1 Å². The quantitative estimate of drug-likeness (QED) is 0.827. The van der Waals surface area contributed by atoms with Gasteiger partial charge in [0.25, 0.3) is 0 Å². The minimum atomic E-state index is -0.563. The minimum absolute atomic E-state index is 0.197. The number of anilines is 1. The molecular weight excluding hydrogens is 207 g/mol. The van der Waals surface area contributed by atoms with Gasteiger partial charge in [0, 0.05) is 17.6 Å². The van der Waals surface area contributed by atoms with E-state index >= 15 is 0 Å². The third-order valence-electron chi connectivity index (χ3n) is 1.94. The molecular formula is C12H17FN2O. The molecule has 0 aliphatic heterocycles. The normalized spacial score (nSPS) is 11.3. The van der Waals surface area contributed by atoms with Gasteiger partial charge in [-0.2, -0.15) is 0 Å². The Bertz CT molecular complexity index is 376. The zero-order chi connectivity index (χ0) is 12.3.